The minimum Gasteiger partial charge on any atom is -0.337 e. The molecule has 0 bridgehead atoms. The standard InChI is InChI=1S/C25H24FN3O2S/c1-17-14-20(18-8-4-2-5-9-18)15-22(23(17)26)24(30)27-28-32-21-12-13-29(16-21)25(31)19-10-6-3-7-11-19/h2-11,14-15,21,28H,12-13,16H2,1H3,(H,27,30). The molecule has 3 aromatic rings. The Labute approximate surface area is 191 Å². The van der Waals surface area contributed by atoms with Crippen molar-refractivity contribution in [2.75, 3.05) is 13.1 Å². The number of nitrogens with zero attached hydrogens (tertiary/aromatic N) is 1. The number of likely N-dealkylation sites (tertiary alicyclic amines) is 1. The van der Waals surface area contributed by atoms with Gasteiger partial charge in [0, 0.05) is 23.9 Å². The van der Waals surface area contributed by atoms with E-state index in [9.17, 15) is 14.0 Å². The fraction of sp³-hybridized carbons (Fsp3) is 0.200. The highest BCUT2D eigenvalue weighted by atomic mass is 32.2. The number of carbonyl (C=O) groups excluding carboxylic acids is 2. The molecule has 0 aromatic heterocycles. The molecule has 0 radical (unpaired) electrons. The van der Waals surface area contributed by atoms with E-state index in [1.54, 1.807) is 31.2 Å². The number of halogens is 1. The quantitative estimate of drug-likeness (QED) is 0.427. The summed E-state index contributed by atoms with van der Waals surface area (Å²) in [6.07, 6.45) is 0.809. The number of hydrazine groups is 1. The lowest BCUT2D eigenvalue weighted by Crippen LogP contribution is -2.35. The van der Waals surface area contributed by atoms with E-state index in [4.69, 9.17) is 0 Å². The number of hydrogen-bond donors (Lipinski definition) is 2. The van der Waals surface area contributed by atoms with Crippen LogP contribution >= 0.6 is 11.9 Å². The molecule has 0 saturated carbocycles. The lowest BCUT2D eigenvalue weighted by atomic mass is 9.99. The molecule has 1 aliphatic rings. The minimum absolute atomic E-state index is 0.00742. The molecule has 5 nitrogen and oxygen atoms in total. The highest BCUT2D eigenvalue weighted by Crippen LogP contribution is 2.25. The van der Waals surface area contributed by atoms with Gasteiger partial charge in [-0.2, -0.15) is 4.83 Å². The minimum atomic E-state index is -0.536. The molecule has 32 heavy (non-hydrogen) atoms. The van der Waals surface area contributed by atoms with Crippen molar-refractivity contribution in [1.82, 2.24) is 15.2 Å². The summed E-state index contributed by atoms with van der Waals surface area (Å²) < 4.78 is 14.6. The molecule has 1 heterocycles. The third-order valence-corrected chi connectivity index (χ3v) is 6.39. The van der Waals surface area contributed by atoms with E-state index in [1.165, 1.54) is 11.9 Å². The average Bonchev–Trinajstić information content (AvgIpc) is 3.30. The van der Waals surface area contributed by atoms with Crippen LogP contribution in [0.1, 0.15) is 32.7 Å². The zero-order valence-electron chi connectivity index (χ0n) is 17.7. The van der Waals surface area contributed by atoms with Gasteiger partial charge in [-0.3, -0.25) is 15.0 Å². The molecule has 1 aliphatic heterocycles. The van der Waals surface area contributed by atoms with Crippen LogP contribution in [0.15, 0.2) is 72.8 Å². The van der Waals surface area contributed by atoms with Crippen LogP contribution in [0.4, 0.5) is 4.39 Å². The van der Waals surface area contributed by atoms with Gasteiger partial charge in [-0.1, -0.05) is 60.5 Å². The SMILES string of the molecule is Cc1cc(-c2ccccc2)cc(C(=O)NNSC2CCN(C(=O)c3ccccc3)C2)c1F. The summed E-state index contributed by atoms with van der Waals surface area (Å²) in [5.41, 5.74) is 5.35. The first-order valence-corrected chi connectivity index (χ1v) is 11.3. The van der Waals surface area contributed by atoms with Gasteiger partial charge in [0.2, 0.25) is 0 Å². The molecular formula is C25H24FN3O2S. The van der Waals surface area contributed by atoms with Crippen LogP contribution < -0.4 is 10.3 Å². The number of amides is 2. The second-order valence-corrected chi connectivity index (χ2v) is 8.83. The summed E-state index contributed by atoms with van der Waals surface area (Å²) in [6, 6.07) is 22.0. The van der Waals surface area contributed by atoms with Gasteiger partial charge in [0.25, 0.3) is 11.8 Å². The van der Waals surface area contributed by atoms with E-state index in [0.717, 1.165) is 17.5 Å². The monoisotopic (exact) mass is 449 g/mol. The Morgan fingerprint density at radius 3 is 2.41 bits per heavy atom. The Morgan fingerprint density at radius 1 is 1.00 bits per heavy atom. The van der Waals surface area contributed by atoms with Gasteiger partial charge >= 0.3 is 0 Å². The summed E-state index contributed by atoms with van der Waals surface area (Å²) in [5, 5.41) is 0.130. The van der Waals surface area contributed by atoms with Crippen LogP contribution in [0.25, 0.3) is 11.1 Å². The van der Waals surface area contributed by atoms with Gasteiger partial charge in [0.1, 0.15) is 5.82 Å². The predicted octanol–water partition coefficient (Wildman–Crippen LogP) is 4.60. The first-order chi connectivity index (χ1) is 15.5. The molecule has 3 aromatic carbocycles. The molecule has 164 valence electrons. The molecule has 7 heteroatoms. The molecule has 1 saturated heterocycles. The van der Waals surface area contributed by atoms with Crippen LogP contribution in [0, 0.1) is 12.7 Å². The second kappa shape index (κ2) is 9.97. The van der Waals surface area contributed by atoms with Crippen molar-refractivity contribution in [2.45, 2.75) is 18.6 Å². The normalized spacial score (nSPS) is 15.6. The van der Waals surface area contributed by atoms with Crippen molar-refractivity contribution < 1.29 is 14.0 Å². The number of rotatable bonds is 6. The van der Waals surface area contributed by atoms with Crippen LogP contribution in [0.2, 0.25) is 0 Å². The van der Waals surface area contributed by atoms with Crippen molar-refractivity contribution in [3.05, 3.63) is 95.3 Å². The Morgan fingerprint density at radius 2 is 1.69 bits per heavy atom. The lowest BCUT2D eigenvalue weighted by molar-refractivity contribution is 0.0792. The Kier molecular flexibility index (Phi) is 6.87. The van der Waals surface area contributed by atoms with Crippen LogP contribution in [0.3, 0.4) is 0 Å². The third kappa shape index (κ3) is 5.00. The van der Waals surface area contributed by atoms with Gasteiger partial charge in [0.05, 0.1) is 5.56 Å². The van der Waals surface area contributed by atoms with Crippen molar-refractivity contribution in [2.24, 2.45) is 0 Å². The number of benzene rings is 3. The Hall–Kier alpha value is -3.16. The van der Waals surface area contributed by atoms with Crippen molar-refractivity contribution in [1.29, 1.82) is 0 Å². The van der Waals surface area contributed by atoms with Gasteiger partial charge in [-0.25, -0.2) is 4.39 Å². The largest absolute Gasteiger partial charge is 0.337 e. The molecule has 2 amide bonds. The van der Waals surface area contributed by atoms with Gasteiger partial charge in [-0.15, -0.1) is 0 Å². The van der Waals surface area contributed by atoms with E-state index in [0.29, 0.717) is 24.2 Å². The first-order valence-electron chi connectivity index (χ1n) is 10.4. The number of nitrogens with one attached hydrogen (secondary N) is 2. The van der Waals surface area contributed by atoms with Crippen molar-refractivity contribution >= 4 is 23.8 Å². The fourth-order valence-corrected chi connectivity index (χ4v) is 4.53. The topological polar surface area (TPSA) is 61.4 Å². The van der Waals surface area contributed by atoms with E-state index in [2.05, 4.69) is 10.3 Å². The molecular weight excluding hydrogens is 425 g/mol. The highest BCUT2D eigenvalue weighted by Gasteiger charge is 2.27. The number of carbonyl (C=O) groups is 2. The zero-order valence-corrected chi connectivity index (χ0v) is 18.5. The summed E-state index contributed by atoms with van der Waals surface area (Å²) in [5.74, 6) is -1.06. The average molecular weight is 450 g/mol. The fourth-order valence-electron chi connectivity index (χ4n) is 3.73. The number of aryl methyl sites for hydroxylation is 1. The molecule has 4 rings (SSSR count). The Bertz CT molecular complexity index is 1110. The first kappa shape index (κ1) is 22.0. The number of hydrogen-bond acceptors (Lipinski definition) is 4. The maximum Gasteiger partial charge on any atom is 0.269 e. The summed E-state index contributed by atoms with van der Waals surface area (Å²) in [7, 11) is 0. The molecule has 1 unspecified atom stereocenters. The maximum atomic E-state index is 14.6. The van der Waals surface area contributed by atoms with Gasteiger partial charge in [-0.05, 0) is 54.3 Å². The van der Waals surface area contributed by atoms with Crippen molar-refractivity contribution in [3.8, 4) is 11.1 Å². The summed E-state index contributed by atoms with van der Waals surface area (Å²) in [4.78, 5) is 29.9. The highest BCUT2D eigenvalue weighted by molar-refractivity contribution is 7.98. The zero-order chi connectivity index (χ0) is 22.5. The van der Waals surface area contributed by atoms with Crippen LogP contribution in [-0.4, -0.2) is 35.1 Å². The predicted molar refractivity (Wildman–Crippen MR) is 126 cm³/mol. The second-order valence-electron chi connectivity index (χ2n) is 7.72. The van der Waals surface area contributed by atoms with E-state index in [1.807, 2.05) is 53.4 Å². The van der Waals surface area contributed by atoms with E-state index < -0.39 is 11.7 Å². The smallest absolute Gasteiger partial charge is 0.269 e. The van der Waals surface area contributed by atoms with Crippen LogP contribution in [0.5, 0.6) is 0 Å². The molecule has 0 spiro atoms. The molecule has 2 N–H and O–H groups in total. The third-order valence-electron chi connectivity index (χ3n) is 5.45. The van der Waals surface area contributed by atoms with Crippen LogP contribution in [-0.2, 0) is 0 Å². The summed E-state index contributed by atoms with van der Waals surface area (Å²) in [6.45, 7) is 2.89. The molecule has 1 atom stereocenters. The van der Waals surface area contributed by atoms with E-state index in [-0.39, 0.29) is 16.7 Å². The van der Waals surface area contributed by atoms with E-state index >= 15 is 0 Å². The molecule has 0 aliphatic carbocycles. The maximum absolute atomic E-state index is 14.6. The summed E-state index contributed by atoms with van der Waals surface area (Å²) >= 11 is 1.34. The van der Waals surface area contributed by atoms with Gasteiger partial charge in [0.15, 0.2) is 0 Å². The Balaban J connectivity index is 1.34. The van der Waals surface area contributed by atoms with Gasteiger partial charge < -0.3 is 4.90 Å². The van der Waals surface area contributed by atoms with Crippen molar-refractivity contribution in [3.63, 3.8) is 0 Å². The molecule has 1 fully saturated rings. The lowest BCUT2D eigenvalue weighted by Gasteiger charge is -2.17.